The average molecular weight is 442 g/mol. The van der Waals surface area contributed by atoms with Crippen LogP contribution in [0, 0.1) is 0 Å². The maximum absolute atomic E-state index is 11.6. The van der Waals surface area contributed by atoms with Crippen LogP contribution in [0.3, 0.4) is 0 Å². The second-order valence-corrected chi connectivity index (χ2v) is 4.96. The van der Waals surface area contributed by atoms with E-state index in [1.807, 2.05) is 24.3 Å². The van der Waals surface area contributed by atoms with Gasteiger partial charge in [-0.05, 0) is 30.2 Å². The van der Waals surface area contributed by atoms with Crippen molar-refractivity contribution in [2.45, 2.75) is 13.0 Å². The van der Waals surface area contributed by atoms with E-state index in [1.165, 1.54) is 0 Å². The molecule has 130 valence electrons. The van der Waals surface area contributed by atoms with E-state index in [0.29, 0.717) is 12.1 Å². The van der Waals surface area contributed by atoms with Crippen LogP contribution in [0.4, 0.5) is 0 Å². The summed E-state index contributed by atoms with van der Waals surface area (Å²) in [5.74, 6) is 0.652. The van der Waals surface area contributed by atoms with Crippen LogP contribution in [0.15, 0.2) is 41.5 Å². The van der Waals surface area contributed by atoms with E-state index in [0.717, 1.165) is 30.2 Å². The number of amides is 1. The zero-order valence-corrected chi connectivity index (χ0v) is 16.1. The van der Waals surface area contributed by atoms with Gasteiger partial charge in [0.2, 0.25) is 0 Å². The summed E-state index contributed by atoms with van der Waals surface area (Å²) in [6, 6.07) is 9.52. The third-order valence-electron chi connectivity index (χ3n) is 3.35. The van der Waals surface area contributed by atoms with Crippen LogP contribution in [0.1, 0.15) is 21.6 Å². The summed E-state index contributed by atoms with van der Waals surface area (Å²) >= 11 is 0. The lowest BCUT2D eigenvalue weighted by atomic mass is 10.1. The van der Waals surface area contributed by atoms with Gasteiger partial charge in [-0.3, -0.25) is 14.9 Å². The Morgan fingerprint density at radius 1 is 1.29 bits per heavy atom. The van der Waals surface area contributed by atoms with Crippen molar-refractivity contribution < 1.29 is 4.79 Å². The smallest absolute Gasteiger partial charge is 0.251 e. The van der Waals surface area contributed by atoms with Crippen LogP contribution in [0.25, 0.3) is 0 Å². The standard InChI is InChI=1S/C16H22N6O.HI/c1-17-15(23)13-5-3-4-12(10-13)6-8-19-16(18-2)20-11-14-7-9-21-22-14;/h3-5,7,9-10H,6,8,11H2,1-2H3,(H,17,23)(H,21,22)(H2,18,19,20);1H. The van der Waals surface area contributed by atoms with Gasteiger partial charge < -0.3 is 16.0 Å². The van der Waals surface area contributed by atoms with Gasteiger partial charge in [-0.2, -0.15) is 5.10 Å². The molecule has 2 rings (SSSR count). The highest BCUT2D eigenvalue weighted by Crippen LogP contribution is 2.05. The predicted octanol–water partition coefficient (Wildman–Crippen LogP) is 1.29. The number of carbonyl (C=O) groups is 1. The number of guanidine groups is 1. The summed E-state index contributed by atoms with van der Waals surface area (Å²) in [7, 11) is 3.36. The van der Waals surface area contributed by atoms with Crippen molar-refractivity contribution in [3.8, 4) is 0 Å². The number of hydrogen-bond acceptors (Lipinski definition) is 3. The molecule has 0 bridgehead atoms. The minimum absolute atomic E-state index is 0. The van der Waals surface area contributed by atoms with Crippen LogP contribution in [-0.2, 0) is 13.0 Å². The quantitative estimate of drug-likeness (QED) is 0.308. The molecule has 0 fully saturated rings. The highest BCUT2D eigenvalue weighted by Gasteiger charge is 2.04. The van der Waals surface area contributed by atoms with E-state index in [2.05, 4.69) is 31.1 Å². The molecular formula is C16H23IN6O. The first-order chi connectivity index (χ1) is 11.2. The van der Waals surface area contributed by atoms with E-state index in [9.17, 15) is 4.79 Å². The van der Waals surface area contributed by atoms with Gasteiger partial charge in [-0.1, -0.05) is 12.1 Å². The number of aromatic nitrogens is 2. The van der Waals surface area contributed by atoms with Crippen LogP contribution in [-0.4, -0.2) is 42.7 Å². The lowest BCUT2D eigenvalue weighted by Crippen LogP contribution is -2.37. The van der Waals surface area contributed by atoms with E-state index >= 15 is 0 Å². The Morgan fingerprint density at radius 3 is 2.79 bits per heavy atom. The van der Waals surface area contributed by atoms with E-state index in [-0.39, 0.29) is 29.9 Å². The average Bonchev–Trinajstić information content (AvgIpc) is 3.11. The summed E-state index contributed by atoms with van der Waals surface area (Å²) in [4.78, 5) is 15.8. The molecule has 0 saturated carbocycles. The Balaban J connectivity index is 0.00000288. The molecule has 24 heavy (non-hydrogen) atoms. The van der Waals surface area contributed by atoms with Crippen LogP contribution in [0.5, 0.6) is 0 Å². The zero-order chi connectivity index (χ0) is 16.5. The molecule has 1 heterocycles. The summed E-state index contributed by atoms with van der Waals surface area (Å²) in [5.41, 5.74) is 2.76. The van der Waals surface area contributed by atoms with Gasteiger partial charge in [-0.15, -0.1) is 24.0 Å². The summed E-state index contributed by atoms with van der Waals surface area (Å²) in [5, 5.41) is 15.9. The second kappa shape index (κ2) is 10.6. The van der Waals surface area contributed by atoms with Gasteiger partial charge in [-0.25, -0.2) is 0 Å². The normalized spacial score (nSPS) is 10.7. The molecule has 0 unspecified atom stereocenters. The van der Waals surface area contributed by atoms with Crippen molar-refractivity contribution in [1.82, 2.24) is 26.1 Å². The Bertz CT molecular complexity index is 656. The van der Waals surface area contributed by atoms with Gasteiger partial charge in [0.25, 0.3) is 5.91 Å². The van der Waals surface area contributed by atoms with E-state index in [1.54, 1.807) is 26.4 Å². The zero-order valence-electron chi connectivity index (χ0n) is 13.8. The predicted molar refractivity (Wildman–Crippen MR) is 106 cm³/mol. The summed E-state index contributed by atoms with van der Waals surface area (Å²) < 4.78 is 0. The Labute approximate surface area is 158 Å². The largest absolute Gasteiger partial charge is 0.356 e. The fraction of sp³-hybridized carbons (Fsp3) is 0.312. The molecule has 0 aliphatic rings. The number of halogens is 1. The second-order valence-electron chi connectivity index (χ2n) is 4.96. The number of benzene rings is 1. The number of aliphatic imine (C=N–C) groups is 1. The SMILES string of the molecule is CN=C(NCCc1cccc(C(=O)NC)c1)NCc1ccn[nH]1.I. The molecule has 0 atom stereocenters. The molecule has 8 heteroatoms. The molecule has 1 aromatic heterocycles. The number of aromatic amines is 1. The Hall–Kier alpha value is -2.10. The van der Waals surface area contributed by atoms with Crippen LogP contribution >= 0.6 is 24.0 Å². The monoisotopic (exact) mass is 442 g/mol. The van der Waals surface area contributed by atoms with Crippen molar-refractivity contribution in [2.75, 3.05) is 20.6 Å². The van der Waals surface area contributed by atoms with Crippen molar-refractivity contribution in [2.24, 2.45) is 4.99 Å². The van der Waals surface area contributed by atoms with Gasteiger partial charge >= 0.3 is 0 Å². The van der Waals surface area contributed by atoms with Gasteiger partial charge in [0.15, 0.2) is 5.96 Å². The van der Waals surface area contributed by atoms with Crippen molar-refractivity contribution >= 4 is 35.8 Å². The van der Waals surface area contributed by atoms with E-state index in [4.69, 9.17) is 0 Å². The number of H-pyrrole nitrogens is 1. The molecule has 2 aromatic rings. The van der Waals surface area contributed by atoms with Crippen LogP contribution in [0.2, 0.25) is 0 Å². The first-order valence-electron chi connectivity index (χ1n) is 7.46. The highest BCUT2D eigenvalue weighted by molar-refractivity contribution is 14.0. The third kappa shape index (κ3) is 6.19. The lowest BCUT2D eigenvalue weighted by Gasteiger charge is -2.11. The van der Waals surface area contributed by atoms with Crippen molar-refractivity contribution in [3.05, 3.63) is 53.3 Å². The third-order valence-corrected chi connectivity index (χ3v) is 3.35. The van der Waals surface area contributed by atoms with Crippen molar-refractivity contribution in [3.63, 3.8) is 0 Å². The maximum atomic E-state index is 11.6. The molecule has 0 aliphatic heterocycles. The van der Waals surface area contributed by atoms with E-state index < -0.39 is 0 Å². The minimum Gasteiger partial charge on any atom is -0.356 e. The first-order valence-corrected chi connectivity index (χ1v) is 7.46. The van der Waals surface area contributed by atoms with Gasteiger partial charge in [0.1, 0.15) is 0 Å². The summed E-state index contributed by atoms with van der Waals surface area (Å²) in [6.07, 6.45) is 2.52. The number of hydrogen-bond donors (Lipinski definition) is 4. The Morgan fingerprint density at radius 2 is 2.12 bits per heavy atom. The van der Waals surface area contributed by atoms with Gasteiger partial charge in [0, 0.05) is 32.4 Å². The van der Waals surface area contributed by atoms with Crippen molar-refractivity contribution in [1.29, 1.82) is 0 Å². The maximum Gasteiger partial charge on any atom is 0.251 e. The lowest BCUT2D eigenvalue weighted by molar-refractivity contribution is 0.0963. The fourth-order valence-electron chi connectivity index (χ4n) is 2.12. The molecule has 0 aliphatic carbocycles. The molecule has 4 N–H and O–H groups in total. The Kier molecular flexibility index (Phi) is 8.84. The first kappa shape index (κ1) is 19.9. The molecule has 1 aromatic carbocycles. The van der Waals surface area contributed by atoms with Gasteiger partial charge in [0.05, 0.1) is 12.2 Å². The molecule has 0 saturated heterocycles. The number of rotatable bonds is 6. The fourth-order valence-corrected chi connectivity index (χ4v) is 2.12. The molecule has 0 radical (unpaired) electrons. The number of carbonyl (C=O) groups excluding carboxylic acids is 1. The number of nitrogens with zero attached hydrogens (tertiary/aromatic N) is 2. The topological polar surface area (TPSA) is 94.2 Å². The molecular weight excluding hydrogens is 419 g/mol. The molecule has 0 spiro atoms. The summed E-state index contributed by atoms with van der Waals surface area (Å²) in [6.45, 7) is 1.35. The van der Waals surface area contributed by atoms with Crippen LogP contribution < -0.4 is 16.0 Å². The minimum atomic E-state index is -0.0724. The molecule has 7 nitrogen and oxygen atoms in total. The number of nitrogens with one attached hydrogen (secondary N) is 4. The molecule has 1 amide bonds. The highest BCUT2D eigenvalue weighted by atomic mass is 127.